The largest absolute Gasteiger partial charge is 0.493 e. The number of thioether (sulfide) groups is 1. The number of likely N-dealkylation sites (tertiary alicyclic amines) is 1. The van der Waals surface area contributed by atoms with Crippen molar-refractivity contribution >= 4 is 11.8 Å². The highest BCUT2D eigenvalue weighted by molar-refractivity contribution is 8.00. The highest BCUT2D eigenvalue weighted by Crippen LogP contribution is 2.38. The van der Waals surface area contributed by atoms with E-state index in [1.807, 2.05) is 36.9 Å². The summed E-state index contributed by atoms with van der Waals surface area (Å²) in [5.74, 6) is 2.75. The standard InChI is InChI=1S/C25H30N2O3S/c1-17-7-5-8-20(15-17)31-19-11-13-27(14-12-19)16-22-18(2)30-25(26-22)21-9-6-10-23(28-3)24(21)29-4/h5-10,15,19H,11-14,16H2,1-4H3. The van der Waals surface area contributed by atoms with Gasteiger partial charge in [-0.3, -0.25) is 4.90 Å². The molecule has 1 aliphatic heterocycles. The lowest BCUT2D eigenvalue weighted by Crippen LogP contribution is -2.34. The van der Waals surface area contributed by atoms with E-state index in [1.165, 1.54) is 23.3 Å². The summed E-state index contributed by atoms with van der Waals surface area (Å²) in [6.45, 7) is 7.10. The van der Waals surface area contributed by atoms with Crippen molar-refractivity contribution in [2.24, 2.45) is 0 Å². The number of oxazole rings is 1. The maximum atomic E-state index is 6.02. The predicted molar refractivity (Wildman–Crippen MR) is 125 cm³/mol. The van der Waals surface area contributed by atoms with E-state index in [9.17, 15) is 0 Å². The summed E-state index contributed by atoms with van der Waals surface area (Å²) in [6.07, 6.45) is 2.37. The second kappa shape index (κ2) is 9.79. The second-order valence-corrected chi connectivity index (χ2v) is 9.35. The number of hydrogen-bond donors (Lipinski definition) is 0. The van der Waals surface area contributed by atoms with Crippen molar-refractivity contribution in [2.75, 3.05) is 27.3 Å². The van der Waals surface area contributed by atoms with Crippen LogP contribution in [0.1, 0.15) is 29.9 Å². The molecule has 0 aliphatic carbocycles. The SMILES string of the molecule is COc1cccc(-c2nc(CN3CCC(Sc4cccc(C)c4)CC3)c(C)o2)c1OC. The minimum absolute atomic E-state index is 0.577. The van der Waals surface area contributed by atoms with E-state index in [-0.39, 0.29) is 0 Å². The molecule has 0 atom stereocenters. The summed E-state index contributed by atoms with van der Waals surface area (Å²) in [5, 5.41) is 0.674. The molecule has 3 aromatic rings. The van der Waals surface area contributed by atoms with E-state index in [2.05, 4.69) is 36.1 Å². The molecule has 1 aromatic heterocycles. The van der Waals surface area contributed by atoms with Crippen molar-refractivity contribution in [1.29, 1.82) is 0 Å². The highest BCUT2D eigenvalue weighted by Gasteiger charge is 2.23. The Morgan fingerprint density at radius 1 is 1.06 bits per heavy atom. The number of ether oxygens (including phenoxy) is 2. The van der Waals surface area contributed by atoms with Gasteiger partial charge in [0.1, 0.15) is 5.76 Å². The molecule has 6 heteroatoms. The quantitative estimate of drug-likeness (QED) is 0.469. The lowest BCUT2D eigenvalue weighted by atomic mass is 10.1. The van der Waals surface area contributed by atoms with E-state index in [0.717, 1.165) is 36.7 Å². The lowest BCUT2D eigenvalue weighted by Gasteiger charge is -2.31. The molecule has 31 heavy (non-hydrogen) atoms. The van der Waals surface area contributed by atoms with Gasteiger partial charge in [-0.25, -0.2) is 4.98 Å². The average Bonchev–Trinajstić information content (AvgIpc) is 3.14. The number of benzene rings is 2. The zero-order valence-electron chi connectivity index (χ0n) is 18.7. The minimum Gasteiger partial charge on any atom is -0.493 e. The van der Waals surface area contributed by atoms with Gasteiger partial charge in [0, 0.05) is 16.7 Å². The molecule has 1 saturated heterocycles. The van der Waals surface area contributed by atoms with Crippen LogP contribution in [0.4, 0.5) is 0 Å². The van der Waals surface area contributed by atoms with Gasteiger partial charge in [0.05, 0.1) is 25.5 Å². The molecule has 0 amide bonds. The summed E-state index contributed by atoms with van der Waals surface area (Å²) < 4.78 is 17.0. The maximum absolute atomic E-state index is 6.02. The van der Waals surface area contributed by atoms with E-state index in [0.29, 0.717) is 22.6 Å². The predicted octanol–water partition coefficient (Wildman–Crippen LogP) is 5.73. The Morgan fingerprint density at radius 3 is 2.55 bits per heavy atom. The Balaban J connectivity index is 1.40. The van der Waals surface area contributed by atoms with Crippen molar-refractivity contribution in [3.63, 3.8) is 0 Å². The summed E-state index contributed by atoms with van der Waals surface area (Å²) in [7, 11) is 3.27. The number of methoxy groups -OCH3 is 2. The van der Waals surface area contributed by atoms with Crippen LogP contribution in [0.3, 0.4) is 0 Å². The molecule has 0 spiro atoms. The van der Waals surface area contributed by atoms with Gasteiger partial charge in [-0.1, -0.05) is 23.8 Å². The molecule has 1 aliphatic rings. The Labute approximate surface area is 188 Å². The van der Waals surface area contributed by atoms with Crippen molar-refractivity contribution in [3.8, 4) is 23.0 Å². The van der Waals surface area contributed by atoms with Crippen LogP contribution in [0.25, 0.3) is 11.5 Å². The number of nitrogens with zero attached hydrogens (tertiary/aromatic N) is 2. The first-order valence-corrected chi connectivity index (χ1v) is 11.6. The summed E-state index contributed by atoms with van der Waals surface area (Å²) >= 11 is 2.01. The van der Waals surface area contributed by atoms with Crippen LogP contribution in [-0.2, 0) is 6.54 Å². The molecule has 2 aromatic carbocycles. The van der Waals surface area contributed by atoms with Crippen LogP contribution in [0.2, 0.25) is 0 Å². The van der Waals surface area contributed by atoms with Gasteiger partial charge in [0.25, 0.3) is 0 Å². The van der Waals surface area contributed by atoms with Crippen LogP contribution >= 0.6 is 11.8 Å². The molecular weight excluding hydrogens is 408 g/mol. The highest BCUT2D eigenvalue weighted by atomic mass is 32.2. The van der Waals surface area contributed by atoms with Crippen LogP contribution < -0.4 is 9.47 Å². The molecule has 2 heterocycles. The zero-order valence-corrected chi connectivity index (χ0v) is 19.5. The van der Waals surface area contributed by atoms with E-state index in [4.69, 9.17) is 18.9 Å². The third-order valence-electron chi connectivity index (χ3n) is 5.73. The molecule has 5 nitrogen and oxygen atoms in total. The van der Waals surface area contributed by atoms with Gasteiger partial charge in [-0.05, 0) is 64.0 Å². The topological polar surface area (TPSA) is 47.7 Å². The average molecular weight is 439 g/mol. The zero-order chi connectivity index (χ0) is 21.8. The molecular formula is C25H30N2O3S. The van der Waals surface area contributed by atoms with Crippen LogP contribution in [0.5, 0.6) is 11.5 Å². The fraction of sp³-hybridized carbons (Fsp3) is 0.400. The smallest absolute Gasteiger partial charge is 0.230 e. The number of hydrogen-bond acceptors (Lipinski definition) is 6. The number of aryl methyl sites for hydroxylation is 2. The van der Waals surface area contributed by atoms with Crippen molar-refractivity contribution < 1.29 is 13.9 Å². The third kappa shape index (κ3) is 5.08. The first-order chi connectivity index (χ1) is 15.1. The normalized spacial score (nSPS) is 15.2. The van der Waals surface area contributed by atoms with Gasteiger partial charge in [0.15, 0.2) is 11.5 Å². The molecule has 0 unspecified atom stereocenters. The van der Waals surface area contributed by atoms with Crippen molar-refractivity contribution in [1.82, 2.24) is 9.88 Å². The molecule has 0 N–H and O–H groups in total. The summed E-state index contributed by atoms with van der Waals surface area (Å²) in [5.41, 5.74) is 3.13. The molecule has 0 bridgehead atoms. The summed E-state index contributed by atoms with van der Waals surface area (Å²) in [4.78, 5) is 8.66. The van der Waals surface area contributed by atoms with Crippen LogP contribution in [0.15, 0.2) is 51.8 Å². The Kier molecular flexibility index (Phi) is 6.88. The Morgan fingerprint density at radius 2 is 1.84 bits per heavy atom. The van der Waals surface area contributed by atoms with E-state index in [1.54, 1.807) is 14.2 Å². The fourth-order valence-corrected chi connectivity index (χ4v) is 5.27. The molecule has 0 saturated carbocycles. The molecule has 0 radical (unpaired) electrons. The van der Waals surface area contributed by atoms with Gasteiger partial charge < -0.3 is 13.9 Å². The Hall–Kier alpha value is -2.44. The monoisotopic (exact) mass is 438 g/mol. The number of rotatable bonds is 7. The first kappa shape index (κ1) is 21.8. The van der Waals surface area contributed by atoms with Gasteiger partial charge >= 0.3 is 0 Å². The number of aromatic nitrogens is 1. The summed E-state index contributed by atoms with van der Waals surface area (Å²) in [6, 6.07) is 14.5. The Bertz CT molecular complexity index is 1030. The van der Waals surface area contributed by atoms with Crippen molar-refractivity contribution in [3.05, 3.63) is 59.5 Å². The molecule has 1 fully saturated rings. The lowest BCUT2D eigenvalue weighted by molar-refractivity contribution is 0.221. The number of piperidine rings is 1. The first-order valence-electron chi connectivity index (χ1n) is 10.7. The van der Waals surface area contributed by atoms with Gasteiger partial charge in [0.2, 0.25) is 5.89 Å². The van der Waals surface area contributed by atoms with Gasteiger partial charge in [-0.2, -0.15) is 0 Å². The van der Waals surface area contributed by atoms with Crippen LogP contribution in [0, 0.1) is 13.8 Å². The fourth-order valence-electron chi connectivity index (χ4n) is 4.02. The third-order valence-corrected chi connectivity index (χ3v) is 7.06. The van der Waals surface area contributed by atoms with Crippen LogP contribution in [-0.4, -0.2) is 42.4 Å². The van der Waals surface area contributed by atoms with E-state index < -0.39 is 0 Å². The molecule has 164 valence electrons. The molecule has 4 rings (SSSR count). The maximum Gasteiger partial charge on any atom is 0.230 e. The number of para-hydroxylation sites is 1. The van der Waals surface area contributed by atoms with Crippen molar-refractivity contribution in [2.45, 2.75) is 43.4 Å². The second-order valence-electron chi connectivity index (χ2n) is 7.97. The van der Waals surface area contributed by atoms with E-state index >= 15 is 0 Å². The minimum atomic E-state index is 0.577. The van der Waals surface area contributed by atoms with Gasteiger partial charge in [-0.15, -0.1) is 11.8 Å².